The molecule has 0 atom stereocenters. The van der Waals surface area contributed by atoms with Crippen molar-refractivity contribution in [2.75, 3.05) is 51.3 Å². The largest absolute Gasteiger partial charge is 0.495 e. The normalized spacial score (nSPS) is 14.0. The van der Waals surface area contributed by atoms with Crippen LogP contribution in [0.2, 0.25) is 0 Å². The third kappa shape index (κ3) is 6.34. The average molecular weight is 417 g/mol. The van der Waals surface area contributed by atoms with Gasteiger partial charge in [0.2, 0.25) is 5.76 Å². The minimum Gasteiger partial charge on any atom is -0.495 e. The second-order valence-corrected chi connectivity index (χ2v) is 5.97. The van der Waals surface area contributed by atoms with Crippen LogP contribution in [-0.4, -0.2) is 57.3 Å². The Bertz CT molecular complexity index is 674. The van der Waals surface area contributed by atoms with E-state index < -0.39 is 5.97 Å². The zero-order chi connectivity index (χ0) is 17.5. The number of carbonyl (C=O) groups excluding carboxylic acids is 1. The number of hydrogen-bond acceptors (Lipinski definition) is 6. The summed E-state index contributed by atoms with van der Waals surface area (Å²) in [7, 11) is 1.71. The van der Waals surface area contributed by atoms with Crippen LogP contribution in [0.3, 0.4) is 0 Å². The number of para-hydroxylation sites is 2. The second-order valence-electron chi connectivity index (χ2n) is 5.97. The van der Waals surface area contributed by atoms with E-state index in [2.05, 4.69) is 15.9 Å². The van der Waals surface area contributed by atoms with E-state index >= 15 is 0 Å². The summed E-state index contributed by atoms with van der Waals surface area (Å²) >= 11 is 0. The number of halogens is 2. The number of ether oxygens (including phenoxy) is 2. The molecule has 2 aromatic rings. The van der Waals surface area contributed by atoms with Crippen molar-refractivity contribution in [3.8, 4) is 5.75 Å². The van der Waals surface area contributed by atoms with Crippen molar-refractivity contribution in [2.24, 2.45) is 0 Å². The summed E-state index contributed by atoms with van der Waals surface area (Å²) in [5.41, 5.74) is 1.15. The molecule has 0 amide bonds. The summed E-state index contributed by atoms with van der Waals surface area (Å²) in [6.45, 7) is 5.24. The zero-order valence-electron chi connectivity index (χ0n) is 15.3. The maximum absolute atomic E-state index is 11.7. The summed E-state index contributed by atoms with van der Waals surface area (Å²) < 4.78 is 15.7. The number of rotatable bonds is 7. The van der Waals surface area contributed by atoms with Gasteiger partial charge < -0.3 is 18.8 Å². The van der Waals surface area contributed by atoms with Gasteiger partial charge in [-0.3, -0.25) is 4.90 Å². The first-order valence-electron chi connectivity index (χ1n) is 8.59. The van der Waals surface area contributed by atoms with Gasteiger partial charge in [0.25, 0.3) is 0 Å². The van der Waals surface area contributed by atoms with Crippen molar-refractivity contribution in [1.29, 1.82) is 0 Å². The molecule has 1 aromatic heterocycles. The Labute approximate surface area is 172 Å². The molecule has 1 aliphatic heterocycles. The van der Waals surface area contributed by atoms with Crippen molar-refractivity contribution in [3.63, 3.8) is 0 Å². The molecule has 27 heavy (non-hydrogen) atoms. The van der Waals surface area contributed by atoms with E-state index in [0.717, 1.165) is 50.6 Å². The predicted octanol–water partition coefficient (Wildman–Crippen LogP) is 3.50. The number of hydrogen-bond donors (Lipinski definition) is 0. The monoisotopic (exact) mass is 416 g/mol. The highest BCUT2D eigenvalue weighted by atomic mass is 35.5. The summed E-state index contributed by atoms with van der Waals surface area (Å²) in [5, 5.41) is 0. The Hall–Kier alpha value is -1.89. The molecule has 0 bridgehead atoms. The van der Waals surface area contributed by atoms with Crippen molar-refractivity contribution >= 4 is 36.5 Å². The topological polar surface area (TPSA) is 55.2 Å². The smallest absolute Gasteiger partial charge is 0.374 e. The Morgan fingerprint density at radius 2 is 1.81 bits per heavy atom. The minimum absolute atomic E-state index is 0. The van der Waals surface area contributed by atoms with Crippen LogP contribution in [0.4, 0.5) is 5.69 Å². The quantitative estimate of drug-likeness (QED) is 0.508. The van der Waals surface area contributed by atoms with Gasteiger partial charge in [0.15, 0.2) is 0 Å². The molecule has 3 rings (SSSR count). The van der Waals surface area contributed by atoms with Crippen LogP contribution in [0, 0.1) is 0 Å². The van der Waals surface area contributed by atoms with Gasteiger partial charge in [-0.1, -0.05) is 12.1 Å². The highest BCUT2D eigenvalue weighted by Crippen LogP contribution is 2.28. The molecular weight excluding hydrogens is 391 g/mol. The third-order valence-corrected chi connectivity index (χ3v) is 4.37. The fraction of sp³-hybridized carbons (Fsp3) is 0.421. The Morgan fingerprint density at radius 3 is 2.48 bits per heavy atom. The second kappa shape index (κ2) is 11.7. The Kier molecular flexibility index (Phi) is 10.1. The third-order valence-electron chi connectivity index (χ3n) is 4.37. The van der Waals surface area contributed by atoms with E-state index in [1.807, 2.05) is 18.2 Å². The molecule has 0 aliphatic carbocycles. The molecule has 1 aromatic carbocycles. The van der Waals surface area contributed by atoms with Gasteiger partial charge in [-0.25, -0.2) is 4.79 Å². The van der Waals surface area contributed by atoms with Crippen molar-refractivity contribution < 1.29 is 18.7 Å². The van der Waals surface area contributed by atoms with E-state index in [1.165, 1.54) is 6.26 Å². The Morgan fingerprint density at radius 1 is 1.07 bits per heavy atom. The van der Waals surface area contributed by atoms with E-state index in [1.54, 1.807) is 19.2 Å². The number of piperazine rings is 1. The van der Waals surface area contributed by atoms with Crippen molar-refractivity contribution in [3.05, 3.63) is 48.4 Å². The van der Waals surface area contributed by atoms with E-state index in [9.17, 15) is 4.79 Å². The zero-order valence-corrected chi connectivity index (χ0v) is 17.0. The maximum Gasteiger partial charge on any atom is 0.374 e. The lowest BCUT2D eigenvalue weighted by atomic mass is 10.2. The van der Waals surface area contributed by atoms with Gasteiger partial charge in [-0.05, 0) is 30.7 Å². The molecule has 0 unspecified atom stereocenters. The first kappa shape index (κ1) is 23.1. The van der Waals surface area contributed by atoms with Crippen LogP contribution in [0.15, 0.2) is 47.1 Å². The highest BCUT2D eigenvalue weighted by Gasteiger charge is 2.19. The maximum atomic E-state index is 11.7. The van der Waals surface area contributed by atoms with Crippen LogP contribution >= 0.6 is 24.8 Å². The molecule has 0 N–H and O–H groups in total. The van der Waals surface area contributed by atoms with Crippen LogP contribution in [0.5, 0.6) is 5.75 Å². The number of benzene rings is 1. The SMILES string of the molecule is COc1ccccc1N1CCN(CCCOC(=O)c2ccco2)CC1.Cl.Cl. The summed E-state index contributed by atoms with van der Waals surface area (Å²) in [4.78, 5) is 16.4. The number of carbonyl (C=O) groups is 1. The van der Waals surface area contributed by atoms with Crippen LogP contribution in [0.1, 0.15) is 17.0 Å². The fourth-order valence-electron chi connectivity index (χ4n) is 3.02. The number of nitrogens with zero attached hydrogens (tertiary/aromatic N) is 2. The molecule has 0 saturated carbocycles. The molecular formula is C19H26Cl2N2O4. The van der Waals surface area contributed by atoms with Crippen molar-refractivity contribution in [2.45, 2.75) is 6.42 Å². The predicted molar refractivity (Wildman–Crippen MR) is 110 cm³/mol. The fourth-order valence-corrected chi connectivity index (χ4v) is 3.02. The van der Waals surface area contributed by atoms with E-state index in [0.29, 0.717) is 6.61 Å². The molecule has 6 nitrogen and oxygen atoms in total. The lowest BCUT2D eigenvalue weighted by Crippen LogP contribution is -2.46. The van der Waals surface area contributed by atoms with E-state index in [4.69, 9.17) is 13.9 Å². The number of anilines is 1. The number of methoxy groups -OCH3 is 1. The van der Waals surface area contributed by atoms with Gasteiger partial charge in [-0.15, -0.1) is 24.8 Å². The van der Waals surface area contributed by atoms with Crippen molar-refractivity contribution in [1.82, 2.24) is 4.90 Å². The Balaban J connectivity index is 0.00000182. The molecule has 8 heteroatoms. The first-order valence-corrected chi connectivity index (χ1v) is 8.59. The van der Waals surface area contributed by atoms with Crippen LogP contribution < -0.4 is 9.64 Å². The molecule has 1 fully saturated rings. The summed E-state index contributed by atoms with van der Waals surface area (Å²) in [6, 6.07) is 11.4. The highest BCUT2D eigenvalue weighted by molar-refractivity contribution is 5.86. The van der Waals surface area contributed by atoms with Gasteiger partial charge in [0.05, 0.1) is 25.7 Å². The average Bonchev–Trinajstić information content (AvgIpc) is 3.20. The van der Waals surface area contributed by atoms with Gasteiger partial charge in [0, 0.05) is 32.7 Å². The molecule has 1 aliphatic rings. The minimum atomic E-state index is -0.397. The molecule has 0 spiro atoms. The lowest BCUT2D eigenvalue weighted by Gasteiger charge is -2.36. The molecule has 1 saturated heterocycles. The van der Waals surface area contributed by atoms with Gasteiger partial charge >= 0.3 is 5.97 Å². The molecule has 150 valence electrons. The molecule has 2 heterocycles. The standard InChI is InChI=1S/C19H24N2O4.2ClH/c1-23-17-7-3-2-6-16(17)21-12-10-20(11-13-21)9-5-15-25-19(22)18-8-4-14-24-18;;/h2-4,6-8,14H,5,9-13,15H2,1H3;2*1H. The van der Waals surface area contributed by atoms with Gasteiger partial charge in [-0.2, -0.15) is 0 Å². The number of esters is 1. The lowest BCUT2D eigenvalue weighted by molar-refractivity contribution is 0.0451. The first-order chi connectivity index (χ1) is 12.3. The summed E-state index contributed by atoms with van der Waals surface area (Å²) in [5.74, 6) is 0.775. The van der Waals surface area contributed by atoms with E-state index in [-0.39, 0.29) is 30.6 Å². The number of furan rings is 1. The van der Waals surface area contributed by atoms with Gasteiger partial charge in [0.1, 0.15) is 5.75 Å². The van der Waals surface area contributed by atoms with Crippen LogP contribution in [0.25, 0.3) is 0 Å². The van der Waals surface area contributed by atoms with Crippen LogP contribution in [-0.2, 0) is 4.74 Å². The summed E-state index contributed by atoms with van der Waals surface area (Å²) in [6.07, 6.45) is 2.29. The molecule has 0 radical (unpaired) electrons.